The fourth-order valence-corrected chi connectivity index (χ4v) is 1.28. The molecule has 0 spiro atoms. The van der Waals surface area contributed by atoms with E-state index in [4.69, 9.17) is 0 Å². The maximum atomic E-state index is 11.7. The first kappa shape index (κ1) is 11.8. The molecule has 0 heterocycles. The van der Waals surface area contributed by atoms with E-state index in [-0.39, 0.29) is 5.91 Å². The summed E-state index contributed by atoms with van der Waals surface area (Å²) in [5.74, 6) is 0.507. The molecule has 0 saturated heterocycles. The van der Waals surface area contributed by atoms with Crippen molar-refractivity contribution in [3.63, 3.8) is 0 Å². The van der Waals surface area contributed by atoms with Gasteiger partial charge in [-0.05, 0) is 43.0 Å². The highest BCUT2D eigenvalue weighted by Gasteiger charge is 2.06. The Morgan fingerprint density at radius 2 is 1.93 bits per heavy atom. The summed E-state index contributed by atoms with van der Waals surface area (Å²) in [6.07, 6.45) is 0. The second kappa shape index (κ2) is 4.96. The number of aryl methyl sites for hydroxylation is 2. The second-order valence-electron chi connectivity index (χ2n) is 4.40. The average molecular weight is 205 g/mol. The summed E-state index contributed by atoms with van der Waals surface area (Å²) in [6.45, 7) is 8.97. The average Bonchev–Trinajstić information content (AvgIpc) is 2.18. The van der Waals surface area contributed by atoms with Gasteiger partial charge in [0.05, 0.1) is 0 Å². The van der Waals surface area contributed by atoms with Crippen LogP contribution in [-0.4, -0.2) is 12.5 Å². The van der Waals surface area contributed by atoms with Crippen LogP contribution in [0.2, 0.25) is 0 Å². The van der Waals surface area contributed by atoms with Gasteiger partial charge < -0.3 is 5.32 Å². The highest BCUT2D eigenvalue weighted by molar-refractivity contribution is 5.94. The lowest BCUT2D eigenvalue weighted by Crippen LogP contribution is -2.27. The molecule has 0 aliphatic heterocycles. The van der Waals surface area contributed by atoms with E-state index in [2.05, 4.69) is 19.2 Å². The monoisotopic (exact) mass is 205 g/mol. The molecule has 1 amide bonds. The van der Waals surface area contributed by atoms with Gasteiger partial charge in [0.2, 0.25) is 0 Å². The largest absolute Gasteiger partial charge is 0.352 e. The molecule has 1 rings (SSSR count). The summed E-state index contributed by atoms with van der Waals surface area (Å²) < 4.78 is 0. The summed E-state index contributed by atoms with van der Waals surface area (Å²) in [4.78, 5) is 11.7. The molecule has 15 heavy (non-hydrogen) atoms. The maximum Gasteiger partial charge on any atom is 0.251 e. The first-order valence-electron chi connectivity index (χ1n) is 5.36. The number of hydrogen-bond acceptors (Lipinski definition) is 1. The Morgan fingerprint density at radius 1 is 1.27 bits per heavy atom. The van der Waals surface area contributed by atoms with Crippen molar-refractivity contribution < 1.29 is 4.79 Å². The van der Waals surface area contributed by atoms with Crippen molar-refractivity contribution in [2.45, 2.75) is 27.7 Å². The Balaban J connectivity index is 2.70. The van der Waals surface area contributed by atoms with Crippen LogP contribution in [0.1, 0.15) is 35.3 Å². The molecule has 2 heteroatoms. The van der Waals surface area contributed by atoms with Gasteiger partial charge >= 0.3 is 0 Å². The first-order valence-corrected chi connectivity index (χ1v) is 5.36. The quantitative estimate of drug-likeness (QED) is 0.807. The van der Waals surface area contributed by atoms with Crippen LogP contribution >= 0.6 is 0 Å². The van der Waals surface area contributed by atoms with E-state index in [0.29, 0.717) is 5.92 Å². The van der Waals surface area contributed by atoms with Gasteiger partial charge in [-0.3, -0.25) is 4.79 Å². The van der Waals surface area contributed by atoms with Crippen LogP contribution in [0, 0.1) is 19.8 Å². The fraction of sp³-hybridized carbons (Fsp3) is 0.462. The number of rotatable bonds is 3. The molecule has 0 aliphatic carbocycles. The minimum absolute atomic E-state index is 0.0202. The summed E-state index contributed by atoms with van der Waals surface area (Å²) in [7, 11) is 0. The van der Waals surface area contributed by atoms with E-state index < -0.39 is 0 Å². The number of carbonyl (C=O) groups excluding carboxylic acids is 1. The molecule has 1 N–H and O–H groups in total. The molecule has 0 fully saturated rings. The molecule has 0 saturated carbocycles. The molecular formula is C13H19NO. The predicted octanol–water partition coefficient (Wildman–Crippen LogP) is 2.69. The van der Waals surface area contributed by atoms with Crippen LogP contribution in [0.25, 0.3) is 0 Å². The van der Waals surface area contributed by atoms with Crippen molar-refractivity contribution in [1.29, 1.82) is 0 Å². The number of carbonyl (C=O) groups is 1. The molecule has 2 nitrogen and oxygen atoms in total. The Morgan fingerprint density at radius 3 is 2.47 bits per heavy atom. The van der Waals surface area contributed by atoms with Gasteiger partial charge in [-0.1, -0.05) is 19.9 Å². The molecule has 0 radical (unpaired) electrons. The normalized spacial score (nSPS) is 10.5. The minimum Gasteiger partial charge on any atom is -0.352 e. The highest BCUT2D eigenvalue weighted by Crippen LogP contribution is 2.09. The van der Waals surface area contributed by atoms with Crippen LogP contribution < -0.4 is 5.32 Å². The summed E-state index contributed by atoms with van der Waals surface area (Å²) in [6, 6.07) is 5.79. The highest BCUT2D eigenvalue weighted by atomic mass is 16.1. The Labute approximate surface area is 91.7 Å². The third-order valence-electron chi connectivity index (χ3n) is 2.44. The van der Waals surface area contributed by atoms with Gasteiger partial charge in [-0.2, -0.15) is 0 Å². The van der Waals surface area contributed by atoms with Crippen LogP contribution in [-0.2, 0) is 0 Å². The first-order chi connectivity index (χ1) is 7.00. The molecule has 0 aromatic heterocycles. The molecule has 82 valence electrons. The van der Waals surface area contributed by atoms with E-state index in [1.165, 1.54) is 5.56 Å². The van der Waals surface area contributed by atoms with Crippen molar-refractivity contribution >= 4 is 5.91 Å². The summed E-state index contributed by atoms with van der Waals surface area (Å²) in [5, 5.41) is 2.91. The summed E-state index contributed by atoms with van der Waals surface area (Å²) in [5.41, 5.74) is 3.13. The van der Waals surface area contributed by atoms with Crippen LogP contribution in [0.3, 0.4) is 0 Å². The lowest BCUT2D eigenvalue weighted by Gasteiger charge is -2.08. The van der Waals surface area contributed by atoms with E-state index in [1.807, 2.05) is 32.0 Å². The minimum atomic E-state index is 0.0202. The SMILES string of the molecule is Cc1ccc(C(=O)NCC(C)C)cc1C. The zero-order chi connectivity index (χ0) is 11.4. The molecule has 0 unspecified atom stereocenters. The topological polar surface area (TPSA) is 29.1 Å². The number of hydrogen-bond donors (Lipinski definition) is 1. The van der Waals surface area contributed by atoms with Gasteiger partial charge in [0.25, 0.3) is 5.91 Å². The molecular weight excluding hydrogens is 186 g/mol. The van der Waals surface area contributed by atoms with E-state index in [1.54, 1.807) is 0 Å². The number of nitrogens with one attached hydrogen (secondary N) is 1. The molecule has 0 bridgehead atoms. The lowest BCUT2D eigenvalue weighted by atomic mass is 10.1. The maximum absolute atomic E-state index is 11.7. The van der Waals surface area contributed by atoms with Gasteiger partial charge in [0.15, 0.2) is 0 Å². The Bertz CT molecular complexity index is 356. The van der Waals surface area contributed by atoms with Gasteiger partial charge in [0, 0.05) is 12.1 Å². The second-order valence-corrected chi connectivity index (χ2v) is 4.40. The van der Waals surface area contributed by atoms with Gasteiger partial charge in [0.1, 0.15) is 0 Å². The fourth-order valence-electron chi connectivity index (χ4n) is 1.28. The number of benzene rings is 1. The molecule has 0 aliphatic rings. The van der Waals surface area contributed by atoms with E-state index in [9.17, 15) is 4.79 Å². The van der Waals surface area contributed by atoms with Crippen molar-refractivity contribution in [2.24, 2.45) is 5.92 Å². The molecule has 1 aromatic carbocycles. The third kappa shape index (κ3) is 3.39. The Hall–Kier alpha value is -1.31. The van der Waals surface area contributed by atoms with Crippen molar-refractivity contribution in [3.05, 3.63) is 34.9 Å². The zero-order valence-corrected chi connectivity index (χ0v) is 9.92. The predicted molar refractivity (Wildman–Crippen MR) is 63.1 cm³/mol. The standard InChI is InChI=1S/C13H19NO/c1-9(2)8-14-13(15)12-6-5-10(3)11(4)7-12/h5-7,9H,8H2,1-4H3,(H,14,15). The molecule has 0 atom stereocenters. The lowest BCUT2D eigenvalue weighted by molar-refractivity contribution is 0.0949. The molecule has 1 aromatic rings. The van der Waals surface area contributed by atoms with Crippen molar-refractivity contribution in [3.8, 4) is 0 Å². The van der Waals surface area contributed by atoms with Crippen LogP contribution in [0.5, 0.6) is 0 Å². The third-order valence-corrected chi connectivity index (χ3v) is 2.44. The van der Waals surface area contributed by atoms with E-state index in [0.717, 1.165) is 17.7 Å². The zero-order valence-electron chi connectivity index (χ0n) is 9.92. The van der Waals surface area contributed by atoms with Gasteiger partial charge in [-0.25, -0.2) is 0 Å². The van der Waals surface area contributed by atoms with Gasteiger partial charge in [-0.15, -0.1) is 0 Å². The van der Waals surface area contributed by atoms with E-state index >= 15 is 0 Å². The number of amides is 1. The smallest absolute Gasteiger partial charge is 0.251 e. The van der Waals surface area contributed by atoms with Crippen LogP contribution in [0.15, 0.2) is 18.2 Å². The Kier molecular flexibility index (Phi) is 3.89. The van der Waals surface area contributed by atoms with Crippen molar-refractivity contribution in [2.75, 3.05) is 6.54 Å². The van der Waals surface area contributed by atoms with Crippen LogP contribution in [0.4, 0.5) is 0 Å². The summed E-state index contributed by atoms with van der Waals surface area (Å²) >= 11 is 0. The van der Waals surface area contributed by atoms with Crippen molar-refractivity contribution in [1.82, 2.24) is 5.32 Å².